The van der Waals surface area contributed by atoms with Crippen molar-refractivity contribution in [1.29, 1.82) is 0 Å². The minimum absolute atomic E-state index is 0.768. The van der Waals surface area contributed by atoms with Crippen molar-refractivity contribution < 1.29 is 9.47 Å². The van der Waals surface area contributed by atoms with Crippen LogP contribution in [-0.4, -0.2) is 29.4 Å². The Bertz CT molecular complexity index is 1010. The number of aromatic nitrogens is 2. The summed E-state index contributed by atoms with van der Waals surface area (Å²) >= 11 is 0. The maximum atomic E-state index is 5.88. The van der Waals surface area contributed by atoms with E-state index >= 15 is 0 Å². The van der Waals surface area contributed by atoms with Gasteiger partial charge in [0.1, 0.15) is 11.5 Å². The third kappa shape index (κ3) is 6.77. The fraction of sp³-hybridized carbons (Fsp3) is 0.464. The van der Waals surface area contributed by atoms with E-state index in [1.807, 2.05) is 24.4 Å². The van der Waals surface area contributed by atoms with Crippen LogP contribution in [-0.2, 0) is 15.9 Å². The van der Waals surface area contributed by atoms with E-state index < -0.39 is 0 Å². The highest BCUT2D eigenvalue weighted by Gasteiger charge is 2.19. The molecule has 0 fully saturated rings. The topological polar surface area (TPSA) is 62.4 Å². The second-order valence-electron chi connectivity index (χ2n) is 8.75. The molecule has 5 nitrogen and oxygen atoms in total. The summed E-state index contributed by atoms with van der Waals surface area (Å²) < 4.78 is 11.5. The first-order valence-corrected chi connectivity index (χ1v) is 12.2. The van der Waals surface area contributed by atoms with E-state index in [9.17, 15) is 0 Å². The predicted octanol–water partition coefficient (Wildman–Crippen LogP) is 7.16. The Morgan fingerprint density at radius 1 is 1.15 bits per heavy atom. The van der Waals surface area contributed by atoms with Crippen molar-refractivity contribution >= 4 is 11.8 Å². The van der Waals surface area contributed by atoms with Crippen LogP contribution in [0, 0.1) is 13.8 Å². The van der Waals surface area contributed by atoms with E-state index in [-0.39, 0.29) is 0 Å². The van der Waals surface area contributed by atoms with Crippen molar-refractivity contribution in [3.63, 3.8) is 0 Å². The second kappa shape index (κ2) is 12.3. The average molecular weight is 450 g/mol. The number of methoxy groups -OCH3 is 1. The fourth-order valence-electron chi connectivity index (χ4n) is 4.22. The molecular formula is C28H39N3O2. The maximum Gasteiger partial charge on any atom is 0.146 e. The number of unbranched alkanes of at least 4 members (excludes halogenated alkanes) is 5. The van der Waals surface area contributed by atoms with Crippen LogP contribution in [0.15, 0.2) is 53.2 Å². The van der Waals surface area contributed by atoms with E-state index in [4.69, 9.17) is 14.5 Å². The molecule has 0 aromatic carbocycles. The molecule has 33 heavy (non-hydrogen) atoms. The summed E-state index contributed by atoms with van der Waals surface area (Å²) in [5.74, 6) is 1.65. The number of hydrogen-bond acceptors (Lipinski definition) is 3. The van der Waals surface area contributed by atoms with Crippen molar-refractivity contribution in [3.05, 3.63) is 76.4 Å². The van der Waals surface area contributed by atoms with Crippen LogP contribution in [0.5, 0.6) is 0 Å². The third-order valence-corrected chi connectivity index (χ3v) is 6.23. The number of allylic oxidation sites excluding steroid dienone is 2. The summed E-state index contributed by atoms with van der Waals surface area (Å²) in [6.45, 7) is 11.4. The first-order valence-electron chi connectivity index (χ1n) is 12.2. The Balaban J connectivity index is 1.57. The number of rotatable bonds is 14. The molecule has 2 aromatic rings. The lowest BCUT2D eigenvalue weighted by Crippen LogP contribution is -1.98. The van der Waals surface area contributed by atoms with Gasteiger partial charge in [-0.2, -0.15) is 0 Å². The first-order chi connectivity index (χ1) is 16.0. The van der Waals surface area contributed by atoms with Gasteiger partial charge in [0.05, 0.1) is 30.9 Å². The van der Waals surface area contributed by atoms with Crippen LogP contribution in [0.4, 0.5) is 0 Å². The molecule has 0 spiro atoms. The van der Waals surface area contributed by atoms with E-state index in [1.165, 1.54) is 48.9 Å². The highest BCUT2D eigenvalue weighted by atomic mass is 16.5. The molecule has 1 aliphatic heterocycles. The minimum Gasteiger partial charge on any atom is -0.499 e. The molecule has 2 N–H and O–H groups in total. The molecule has 0 unspecified atom stereocenters. The zero-order valence-electron chi connectivity index (χ0n) is 20.7. The van der Waals surface area contributed by atoms with Crippen LogP contribution in [0.2, 0.25) is 0 Å². The van der Waals surface area contributed by atoms with Crippen molar-refractivity contribution in [2.75, 3.05) is 13.7 Å². The standard InChI is InChI=1S/C28H39N3O2/c1-6-7-8-9-10-11-17-33-20(2)14-15-23-21(3)25(30-22(23)4)18-27-28(32-5)19-26(31-27)24-13-12-16-29-24/h12-13,16,18-19,29-30H,2,6-11,14-15,17H2,1,3-5H3/b27-18-. The van der Waals surface area contributed by atoms with Gasteiger partial charge >= 0.3 is 0 Å². The van der Waals surface area contributed by atoms with Gasteiger partial charge in [-0.15, -0.1) is 0 Å². The monoisotopic (exact) mass is 449 g/mol. The van der Waals surface area contributed by atoms with Crippen molar-refractivity contribution in [2.45, 2.75) is 72.1 Å². The first kappa shape index (κ1) is 24.7. The van der Waals surface area contributed by atoms with Gasteiger partial charge in [0.15, 0.2) is 0 Å². The Morgan fingerprint density at radius 3 is 2.67 bits per heavy atom. The lowest BCUT2D eigenvalue weighted by molar-refractivity contribution is 0.197. The third-order valence-electron chi connectivity index (χ3n) is 6.23. The SMILES string of the molecule is C=C(CCc1c(C)[nH]c(/C=C2\N=C(c3ccc[nH]3)C=C2OC)c1C)OCCCCCCCC. The van der Waals surface area contributed by atoms with Gasteiger partial charge in [-0.1, -0.05) is 45.6 Å². The van der Waals surface area contributed by atoms with Crippen molar-refractivity contribution in [3.8, 4) is 0 Å². The van der Waals surface area contributed by atoms with Gasteiger partial charge in [-0.05, 0) is 56.0 Å². The summed E-state index contributed by atoms with van der Waals surface area (Å²) in [7, 11) is 1.68. The van der Waals surface area contributed by atoms with Crippen molar-refractivity contribution in [2.24, 2.45) is 4.99 Å². The molecule has 0 aliphatic carbocycles. The van der Waals surface area contributed by atoms with E-state index in [0.29, 0.717) is 0 Å². The maximum absolute atomic E-state index is 5.88. The minimum atomic E-state index is 0.768. The summed E-state index contributed by atoms with van der Waals surface area (Å²) in [5, 5.41) is 0. The second-order valence-corrected chi connectivity index (χ2v) is 8.75. The Hall–Kier alpha value is -2.95. The smallest absolute Gasteiger partial charge is 0.146 e. The molecule has 0 saturated carbocycles. The fourth-order valence-corrected chi connectivity index (χ4v) is 4.22. The average Bonchev–Trinajstić information content (AvgIpc) is 3.52. The molecule has 0 radical (unpaired) electrons. The summed E-state index contributed by atoms with van der Waals surface area (Å²) in [5.41, 5.74) is 7.48. The normalized spacial score (nSPS) is 14.5. The Labute approximate surface area is 198 Å². The highest BCUT2D eigenvalue weighted by molar-refractivity contribution is 6.11. The predicted molar refractivity (Wildman–Crippen MR) is 137 cm³/mol. The number of H-pyrrole nitrogens is 2. The van der Waals surface area contributed by atoms with Crippen LogP contribution in [0.1, 0.15) is 80.1 Å². The van der Waals surface area contributed by atoms with Gasteiger partial charge in [0.2, 0.25) is 0 Å². The van der Waals surface area contributed by atoms with E-state index in [2.05, 4.69) is 43.4 Å². The molecule has 3 heterocycles. The zero-order valence-corrected chi connectivity index (χ0v) is 20.7. The lowest BCUT2D eigenvalue weighted by atomic mass is 10.0. The van der Waals surface area contributed by atoms with Gasteiger partial charge in [-0.3, -0.25) is 0 Å². The van der Waals surface area contributed by atoms with Gasteiger partial charge < -0.3 is 19.4 Å². The number of aryl methyl sites for hydroxylation is 1. The number of nitrogens with one attached hydrogen (secondary N) is 2. The molecule has 0 bridgehead atoms. The Morgan fingerprint density at radius 2 is 1.94 bits per heavy atom. The molecule has 3 rings (SSSR count). The number of aromatic amines is 2. The molecule has 0 atom stereocenters. The van der Waals surface area contributed by atoms with Crippen LogP contribution in [0.25, 0.3) is 6.08 Å². The number of aliphatic imine (C=N–C) groups is 1. The van der Waals surface area contributed by atoms with Crippen molar-refractivity contribution in [1.82, 2.24) is 9.97 Å². The molecule has 0 amide bonds. The molecule has 1 aliphatic rings. The quantitative estimate of drug-likeness (QED) is 0.237. The highest BCUT2D eigenvalue weighted by Crippen LogP contribution is 2.28. The number of nitrogens with zero attached hydrogens (tertiary/aromatic N) is 1. The summed E-state index contributed by atoms with van der Waals surface area (Å²) in [6.07, 6.45) is 15.3. The van der Waals surface area contributed by atoms with Crippen LogP contribution < -0.4 is 0 Å². The Kier molecular flexibility index (Phi) is 9.23. The van der Waals surface area contributed by atoms with Gasteiger partial charge in [0.25, 0.3) is 0 Å². The number of ether oxygens (including phenoxy) is 2. The van der Waals surface area contributed by atoms with Crippen LogP contribution >= 0.6 is 0 Å². The van der Waals surface area contributed by atoms with Gasteiger partial charge in [0, 0.05) is 30.1 Å². The summed E-state index contributed by atoms with van der Waals surface area (Å²) in [6, 6.07) is 3.98. The van der Waals surface area contributed by atoms with Crippen LogP contribution in [0.3, 0.4) is 0 Å². The molecule has 5 heteroatoms. The lowest BCUT2D eigenvalue weighted by Gasteiger charge is -2.10. The molecule has 2 aromatic heterocycles. The molecule has 178 valence electrons. The van der Waals surface area contributed by atoms with E-state index in [1.54, 1.807) is 7.11 Å². The molecular weight excluding hydrogens is 410 g/mol. The number of hydrogen-bond donors (Lipinski definition) is 2. The van der Waals surface area contributed by atoms with Gasteiger partial charge in [-0.25, -0.2) is 4.99 Å². The largest absolute Gasteiger partial charge is 0.499 e. The van der Waals surface area contributed by atoms with E-state index in [0.717, 1.165) is 60.2 Å². The molecule has 0 saturated heterocycles. The summed E-state index contributed by atoms with van der Waals surface area (Å²) in [4.78, 5) is 11.5. The zero-order chi connectivity index (χ0) is 23.6.